The summed E-state index contributed by atoms with van der Waals surface area (Å²) in [5, 5.41) is 0. The molecule has 3 heterocycles. The SMILES string of the molecule is CC1(C)CN(c2cnc(Oc3ccc4c(c3)C(C3CC3)OC4)nc2)C=N1. The van der Waals surface area contributed by atoms with Crippen molar-refractivity contribution in [3.05, 3.63) is 41.7 Å². The molecule has 0 saturated heterocycles. The zero-order chi connectivity index (χ0) is 17.7. The fourth-order valence-electron chi connectivity index (χ4n) is 3.59. The van der Waals surface area contributed by atoms with Gasteiger partial charge in [-0.2, -0.15) is 0 Å². The standard InChI is InChI=1S/C20H22N4O2/c1-20(2)11-24(12-23-20)15-8-21-19(22-9-15)26-16-6-5-14-10-25-18(13-3-4-13)17(14)7-16/h5-9,12-13,18H,3-4,10-11H2,1-2H3. The van der Waals surface area contributed by atoms with Crippen LogP contribution in [0.1, 0.15) is 43.9 Å². The van der Waals surface area contributed by atoms with Gasteiger partial charge in [0.1, 0.15) is 5.75 Å². The highest BCUT2D eigenvalue weighted by atomic mass is 16.5. The number of fused-ring (bicyclic) bond motifs is 1. The van der Waals surface area contributed by atoms with Gasteiger partial charge in [0.05, 0.1) is 42.7 Å². The maximum Gasteiger partial charge on any atom is 0.322 e. The van der Waals surface area contributed by atoms with Crippen LogP contribution in [0.3, 0.4) is 0 Å². The molecular formula is C20H22N4O2. The average molecular weight is 350 g/mol. The number of rotatable bonds is 4. The maximum atomic E-state index is 5.94. The van der Waals surface area contributed by atoms with Crippen LogP contribution in [-0.4, -0.2) is 28.4 Å². The Morgan fingerprint density at radius 3 is 2.69 bits per heavy atom. The van der Waals surface area contributed by atoms with Gasteiger partial charge in [0.2, 0.25) is 0 Å². The summed E-state index contributed by atoms with van der Waals surface area (Å²) in [5.41, 5.74) is 3.38. The lowest BCUT2D eigenvalue weighted by Gasteiger charge is -2.19. The monoisotopic (exact) mass is 350 g/mol. The Hall–Kier alpha value is -2.47. The number of benzene rings is 1. The van der Waals surface area contributed by atoms with E-state index in [-0.39, 0.29) is 11.6 Å². The van der Waals surface area contributed by atoms with Gasteiger partial charge in [0.25, 0.3) is 0 Å². The van der Waals surface area contributed by atoms with Gasteiger partial charge < -0.3 is 14.4 Å². The van der Waals surface area contributed by atoms with Crippen molar-refractivity contribution in [2.24, 2.45) is 10.9 Å². The molecule has 134 valence electrons. The highest BCUT2D eigenvalue weighted by molar-refractivity contribution is 5.81. The van der Waals surface area contributed by atoms with Gasteiger partial charge in [-0.15, -0.1) is 0 Å². The molecule has 6 heteroatoms. The predicted molar refractivity (Wildman–Crippen MR) is 98.7 cm³/mol. The number of aromatic nitrogens is 2. The van der Waals surface area contributed by atoms with Crippen LogP contribution in [0.2, 0.25) is 0 Å². The van der Waals surface area contributed by atoms with E-state index in [1.54, 1.807) is 12.4 Å². The topological polar surface area (TPSA) is 59.8 Å². The fraction of sp³-hybridized carbons (Fsp3) is 0.450. The second-order valence-electron chi connectivity index (χ2n) is 7.94. The molecule has 2 aromatic rings. The molecule has 3 aliphatic rings. The number of anilines is 1. The number of aliphatic imine (C=N–C) groups is 1. The van der Waals surface area contributed by atoms with Crippen molar-refractivity contribution in [1.29, 1.82) is 0 Å². The normalized spacial score (nSPS) is 23.3. The second kappa shape index (κ2) is 5.77. The van der Waals surface area contributed by atoms with E-state index in [1.807, 2.05) is 12.4 Å². The van der Waals surface area contributed by atoms with Crippen molar-refractivity contribution in [2.75, 3.05) is 11.4 Å². The summed E-state index contributed by atoms with van der Waals surface area (Å²) in [6.45, 7) is 5.74. The Kier molecular flexibility index (Phi) is 3.50. The van der Waals surface area contributed by atoms with Crippen LogP contribution in [0, 0.1) is 5.92 Å². The molecule has 1 aromatic carbocycles. The third-order valence-corrected chi connectivity index (χ3v) is 5.15. The molecule has 5 rings (SSSR count). The second-order valence-corrected chi connectivity index (χ2v) is 7.94. The van der Waals surface area contributed by atoms with Crippen LogP contribution in [-0.2, 0) is 11.3 Å². The highest BCUT2D eigenvalue weighted by Crippen LogP contribution is 2.48. The van der Waals surface area contributed by atoms with Crippen molar-refractivity contribution < 1.29 is 9.47 Å². The minimum Gasteiger partial charge on any atom is -0.424 e. The Morgan fingerprint density at radius 1 is 1.19 bits per heavy atom. The van der Waals surface area contributed by atoms with E-state index in [0.29, 0.717) is 18.5 Å². The predicted octanol–water partition coefficient (Wildman–Crippen LogP) is 3.88. The molecule has 1 atom stereocenters. The largest absolute Gasteiger partial charge is 0.424 e. The van der Waals surface area contributed by atoms with Crippen molar-refractivity contribution in [3.8, 4) is 11.8 Å². The smallest absolute Gasteiger partial charge is 0.322 e. The van der Waals surface area contributed by atoms with E-state index in [0.717, 1.165) is 18.0 Å². The molecule has 0 bridgehead atoms. The molecule has 0 radical (unpaired) electrons. The summed E-state index contributed by atoms with van der Waals surface area (Å²) in [5.74, 6) is 1.44. The zero-order valence-electron chi connectivity index (χ0n) is 15.1. The molecule has 2 aliphatic heterocycles. The van der Waals surface area contributed by atoms with Crippen molar-refractivity contribution in [2.45, 2.75) is 44.9 Å². The van der Waals surface area contributed by atoms with Gasteiger partial charge in [-0.05, 0) is 55.9 Å². The van der Waals surface area contributed by atoms with Gasteiger partial charge in [-0.1, -0.05) is 6.07 Å². The first kappa shape index (κ1) is 15.8. The third-order valence-electron chi connectivity index (χ3n) is 5.15. The molecule has 1 aromatic heterocycles. The highest BCUT2D eigenvalue weighted by Gasteiger charge is 2.37. The summed E-state index contributed by atoms with van der Waals surface area (Å²) < 4.78 is 11.8. The third kappa shape index (κ3) is 2.94. The van der Waals surface area contributed by atoms with E-state index < -0.39 is 0 Å². The Balaban J connectivity index is 1.31. The van der Waals surface area contributed by atoms with Crippen molar-refractivity contribution >= 4 is 12.0 Å². The van der Waals surface area contributed by atoms with E-state index in [9.17, 15) is 0 Å². The molecule has 1 aliphatic carbocycles. The Morgan fingerprint density at radius 2 is 2.00 bits per heavy atom. The first-order chi connectivity index (χ1) is 12.6. The first-order valence-electron chi connectivity index (χ1n) is 9.14. The van der Waals surface area contributed by atoms with Gasteiger partial charge in [0, 0.05) is 6.54 Å². The molecule has 1 saturated carbocycles. The van der Waals surface area contributed by atoms with E-state index in [2.05, 4.69) is 45.8 Å². The number of ether oxygens (including phenoxy) is 2. The summed E-state index contributed by atoms with van der Waals surface area (Å²) in [6, 6.07) is 6.48. The number of hydrogen-bond donors (Lipinski definition) is 0. The lowest BCUT2D eigenvalue weighted by Crippen LogP contribution is -2.28. The van der Waals surface area contributed by atoms with Crippen molar-refractivity contribution in [3.63, 3.8) is 0 Å². The molecule has 1 fully saturated rings. The maximum absolute atomic E-state index is 5.94. The molecule has 0 amide bonds. The Bertz CT molecular complexity index is 859. The first-order valence-corrected chi connectivity index (χ1v) is 9.14. The van der Waals surface area contributed by atoms with Crippen LogP contribution in [0.4, 0.5) is 5.69 Å². The Labute approximate surface area is 152 Å². The van der Waals surface area contributed by atoms with E-state index in [4.69, 9.17) is 9.47 Å². The fourth-order valence-corrected chi connectivity index (χ4v) is 3.59. The van der Waals surface area contributed by atoms with Gasteiger partial charge in [-0.25, -0.2) is 9.97 Å². The average Bonchev–Trinajstić information content (AvgIpc) is 3.28. The summed E-state index contributed by atoms with van der Waals surface area (Å²) in [6.07, 6.45) is 8.15. The molecular weight excluding hydrogens is 328 g/mol. The molecule has 26 heavy (non-hydrogen) atoms. The number of nitrogens with zero attached hydrogens (tertiary/aromatic N) is 4. The van der Waals surface area contributed by atoms with E-state index >= 15 is 0 Å². The summed E-state index contributed by atoms with van der Waals surface area (Å²) in [7, 11) is 0. The minimum atomic E-state index is -0.0697. The lowest BCUT2D eigenvalue weighted by atomic mass is 10.0. The van der Waals surface area contributed by atoms with Crippen LogP contribution in [0.5, 0.6) is 11.8 Å². The summed E-state index contributed by atoms with van der Waals surface area (Å²) >= 11 is 0. The number of hydrogen-bond acceptors (Lipinski definition) is 6. The quantitative estimate of drug-likeness (QED) is 0.837. The molecule has 6 nitrogen and oxygen atoms in total. The molecule has 1 unspecified atom stereocenters. The zero-order valence-corrected chi connectivity index (χ0v) is 15.1. The van der Waals surface area contributed by atoms with Crippen LogP contribution >= 0.6 is 0 Å². The van der Waals surface area contributed by atoms with Gasteiger partial charge >= 0.3 is 6.01 Å². The lowest BCUT2D eigenvalue weighted by molar-refractivity contribution is 0.0506. The van der Waals surface area contributed by atoms with Crippen LogP contribution < -0.4 is 9.64 Å². The van der Waals surface area contributed by atoms with Crippen LogP contribution in [0.25, 0.3) is 0 Å². The van der Waals surface area contributed by atoms with E-state index in [1.165, 1.54) is 24.0 Å². The van der Waals surface area contributed by atoms with Gasteiger partial charge in [-0.3, -0.25) is 4.99 Å². The van der Waals surface area contributed by atoms with Crippen LogP contribution in [0.15, 0.2) is 35.6 Å². The summed E-state index contributed by atoms with van der Waals surface area (Å²) in [4.78, 5) is 15.2. The van der Waals surface area contributed by atoms with Gasteiger partial charge in [0.15, 0.2) is 0 Å². The minimum absolute atomic E-state index is 0.0697. The van der Waals surface area contributed by atoms with Crippen molar-refractivity contribution in [1.82, 2.24) is 9.97 Å². The molecule has 0 N–H and O–H groups in total. The molecule has 0 spiro atoms.